The van der Waals surface area contributed by atoms with Crippen LogP contribution in [-0.4, -0.2) is 27.2 Å². The number of amides is 1. The maximum Gasteiger partial charge on any atom is 0.291 e. The minimum Gasteiger partial charge on any atom is -0.496 e. The molecule has 1 amide bonds. The van der Waals surface area contributed by atoms with Crippen molar-refractivity contribution in [1.82, 2.24) is 0 Å². The first kappa shape index (κ1) is 20.9. The van der Waals surface area contributed by atoms with Crippen LogP contribution in [0.3, 0.4) is 0 Å². The first-order valence-corrected chi connectivity index (χ1v) is 9.69. The molecule has 0 spiro atoms. The number of hydrogen-bond donors (Lipinski definition) is 2. The zero-order valence-electron chi connectivity index (χ0n) is 17.8. The highest BCUT2D eigenvalue weighted by Crippen LogP contribution is 2.39. The Labute approximate surface area is 184 Å². The van der Waals surface area contributed by atoms with Crippen LogP contribution in [0, 0.1) is 0 Å². The largest absolute Gasteiger partial charge is 0.496 e. The number of nitrogens with two attached hydrogens (primary N) is 1. The molecule has 0 bridgehead atoms. The lowest BCUT2D eigenvalue weighted by atomic mass is 10.1. The van der Waals surface area contributed by atoms with E-state index in [1.807, 2.05) is 30.3 Å². The predicted octanol–water partition coefficient (Wildman–Crippen LogP) is 5.09. The Kier molecular flexibility index (Phi) is 5.76. The molecule has 4 rings (SSSR count). The van der Waals surface area contributed by atoms with E-state index < -0.39 is 5.91 Å². The van der Waals surface area contributed by atoms with Gasteiger partial charge in [0.1, 0.15) is 28.7 Å². The number of hydrogen-bond acceptors (Lipinski definition) is 7. The highest BCUT2D eigenvalue weighted by atomic mass is 16.6. The van der Waals surface area contributed by atoms with Crippen LogP contribution in [0.5, 0.6) is 28.9 Å². The fraction of sp³-hybridized carbons (Fsp3) is 0.125. The summed E-state index contributed by atoms with van der Waals surface area (Å²) in [6.45, 7) is 0. The van der Waals surface area contributed by atoms with E-state index >= 15 is 0 Å². The van der Waals surface area contributed by atoms with Crippen molar-refractivity contribution in [1.29, 1.82) is 0 Å². The Morgan fingerprint density at radius 1 is 0.875 bits per heavy atom. The molecule has 4 aromatic rings. The Morgan fingerprint density at radius 2 is 1.62 bits per heavy atom. The predicted molar refractivity (Wildman–Crippen MR) is 121 cm³/mol. The van der Waals surface area contributed by atoms with Gasteiger partial charge in [-0.15, -0.1) is 0 Å². The summed E-state index contributed by atoms with van der Waals surface area (Å²) in [4.78, 5) is 12.8. The number of nitrogen functional groups attached to an aromatic ring is 1. The van der Waals surface area contributed by atoms with E-state index in [2.05, 4.69) is 5.32 Å². The Bertz CT molecular complexity index is 1260. The van der Waals surface area contributed by atoms with Gasteiger partial charge in [0.25, 0.3) is 11.9 Å². The van der Waals surface area contributed by atoms with E-state index in [1.165, 1.54) is 27.4 Å². The van der Waals surface area contributed by atoms with Crippen molar-refractivity contribution in [2.75, 3.05) is 32.4 Å². The van der Waals surface area contributed by atoms with Crippen molar-refractivity contribution >= 4 is 28.1 Å². The molecule has 0 saturated carbocycles. The number of fused-ring (bicyclic) bond motifs is 1. The third-order valence-electron chi connectivity index (χ3n) is 4.83. The van der Waals surface area contributed by atoms with Crippen LogP contribution in [-0.2, 0) is 0 Å². The Hall–Kier alpha value is -4.33. The van der Waals surface area contributed by atoms with Crippen LogP contribution < -0.4 is 30.0 Å². The summed E-state index contributed by atoms with van der Waals surface area (Å²) in [6, 6.07) is 17.5. The first-order valence-electron chi connectivity index (χ1n) is 9.69. The monoisotopic (exact) mass is 434 g/mol. The summed E-state index contributed by atoms with van der Waals surface area (Å²) >= 11 is 0. The Morgan fingerprint density at radius 3 is 2.31 bits per heavy atom. The van der Waals surface area contributed by atoms with Crippen molar-refractivity contribution in [2.24, 2.45) is 0 Å². The highest BCUT2D eigenvalue weighted by molar-refractivity contribution is 6.04. The zero-order chi connectivity index (χ0) is 22.7. The maximum absolute atomic E-state index is 12.8. The van der Waals surface area contributed by atoms with Crippen LogP contribution in [0.25, 0.3) is 10.8 Å². The van der Waals surface area contributed by atoms with Crippen molar-refractivity contribution < 1.29 is 28.2 Å². The van der Waals surface area contributed by atoms with E-state index in [0.29, 0.717) is 34.4 Å². The number of carbonyl (C=O) groups is 1. The first-order chi connectivity index (χ1) is 15.5. The highest BCUT2D eigenvalue weighted by Gasteiger charge is 2.19. The molecule has 0 saturated heterocycles. The number of anilines is 2. The number of rotatable bonds is 7. The SMILES string of the molecule is COc1cc(OC)c(NC(=O)c2ccc(Oc3cccc4cc(N)ccc34)o2)c(OC)c1. The average Bonchev–Trinajstić information content (AvgIpc) is 3.27. The van der Waals surface area contributed by atoms with E-state index in [-0.39, 0.29) is 11.7 Å². The fourth-order valence-corrected chi connectivity index (χ4v) is 3.27. The van der Waals surface area contributed by atoms with Crippen molar-refractivity contribution in [3.63, 3.8) is 0 Å². The molecule has 1 aromatic heterocycles. The zero-order valence-corrected chi connectivity index (χ0v) is 17.8. The van der Waals surface area contributed by atoms with E-state index in [1.54, 1.807) is 24.3 Å². The lowest BCUT2D eigenvalue weighted by molar-refractivity contribution is 0.0991. The molecule has 0 unspecified atom stereocenters. The minimum absolute atomic E-state index is 0.0596. The quantitative estimate of drug-likeness (QED) is 0.391. The van der Waals surface area contributed by atoms with Gasteiger partial charge in [0.2, 0.25) is 0 Å². The fourth-order valence-electron chi connectivity index (χ4n) is 3.27. The average molecular weight is 434 g/mol. The van der Waals surface area contributed by atoms with Gasteiger partial charge in [-0.05, 0) is 35.7 Å². The number of nitrogens with one attached hydrogen (secondary N) is 1. The van der Waals surface area contributed by atoms with Gasteiger partial charge in [-0.25, -0.2) is 0 Å². The van der Waals surface area contributed by atoms with Gasteiger partial charge in [0.15, 0.2) is 5.76 Å². The molecule has 3 N–H and O–H groups in total. The van der Waals surface area contributed by atoms with Crippen LogP contribution in [0.15, 0.2) is 65.1 Å². The van der Waals surface area contributed by atoms with E-state index in [9.17, 15) is 4.79 Å². The molecule has 8 nitrogen and oxygen atoms in total. The van der Waals surface area contributed by atoms with Gasteiger partial charge in [-0.3, -0.25) is 4.79 Å². The summed E-state index contributed by atoms with van der Waals surface area (Å²) in [6.07, 6.45) is 0. The second kappa shape index (κ2) is 8.81. The van der Waals surface area contributed by atoms with Gasteiger partial charge in [0.05, 0.1) is 21.3 Å². The molecule has 0 radical (unpaired) electrons. The number of methoxy groups -OCH3 is 3. The molecule has 0 aliphatic rings. The molecular formula is C24H22N2O6. The van der Waals surface area contributed by atoms with Gasteiger partial charge < -0.3 is 34.4 Å². The van der Waals surface area contributed by atoms with Crippen LogP contribution in [0.1, 0.15) is 10.6 Å². The van der Waals surface area contributed by atoms with Gasteiger partial charge in [-0.2, -0.15) is 0 Å². The van der Waals surface area contributed by atoms with Crippen LogP contribution >= 0.6 is 0 Å². The molecule has 3 aromatic carbocycles. The van der Waals surface area contributed by atoms with Gasteiger partial charge >= 0.3 is 0 Å². The lowest BCUT2D eigenvalue weighted by Gasteiger charge is -2.15. The maximum atomic E-state index is 12.8. The van der Waals surface area contributed by atoms with Crippen LogP contribution in [0.4, 0.5) is 11.4 Å². The molecule has 1 heterocycles. The lowest BCUT2D eigenvalue weighted by Crippen LogP contribution is -2.13. The topological polar surface area (TPSA) is 105 Å². The normalized spacial score (nSPS) is 10.6. The summed E-state index contributed by atoms with van der Waals surface area (Å²) in [5.74, 6) is 1.62. The standard InChI is InChI=1S/C24H22N2O6/c1-28-16-12-20(29-2)23(21(13-16)30-3)26-24(27)19-9-10-22(32-19)31-18-6-4-5-14-11-15(25)7-8-17(14)18/h4-13H,25H2,1-3H3,(H,26,27). The van der Waals surface area contributed by atoms with Crippen LogP contribution in [0.2, 0.25) is 0 Å². The third-order valence-corrected chi connectivity index (χ3v) is 4.83. The molecule has 0 aliphatic carbocycles. The minimum atomic E-state index is -0.493. The second-order valence-corrected chi connectivity index (χ2v) is 6.82. The van der Waals surface area contributed by atoms with E-state index in [4.69, 9.17) is 29.1 Å². The Balaban J connectivity index is 1.57. The van der Waals surface area contributed by atoms with Gasteiger partial charge in [0, 0.05) is 29.3 Å². The molecule has 32 heavy (non-hydrogen) atoms. The number of ether oxygens (including phenoxy) is 4. The second-order valence-electron chi connectivity index (χ2n) is 6.82. The van der Waals surface area contributed by atoms with Gasteiger partial charge in [-0.1, -0.05) is 12.1 Å². The molecular weight excluding hydrogens is 412 g/mol. The van der Waals surface area contributed by atoms with Crippen molar-refractivity contribution in [2.45, 2.75) is 0 Å². The molecule has 0 atom stereocenters. The smallest absolute Gasteiger partial charge is 0.291 e. The summed E-state index contributed by atoms with van der Waals surface area (Å²) in [7, 11) is 4.50. The number of carbonyl (C=O) groups excluding carboxylic acids is 1. The summed E-state index contributed by atoms with van der Waals surface area (Å²) in [5.41, 5.74) is 6.87. The van der Waals surface area contributed by atoms with Crippen molar-refractivity contribution in [3.05, 3.63) is 66.4 Å². The molecule has 164 valence electrons. The number of furan rings is 1. The van der Waals surface area contributed by atoms with E-state index in [0.717, 1.165) is 10.8 Å². The third kappa shape index (κ3) is 4.11. The summed E-state index contributed by atoms with van der Waals surface area (Å²) < 4.78 is 27.4. The molecule has 0 aliphatic heterocycles. The summed E-state index contributed by atoms with van der Waals surface area (Å²) in [5, 5.41) is 4.56. The van der Waals surface area contributed by atoms with Crippen molar-refractivity contribution in [3.8, 4) is 28.9 Å². The molecule has 8 heteroatoms. The molecule has 0 fully saturated rings. The number of benzene rings is 3.